The van der Waals surface area contributed by atoms with E-state index < -0.39 is 5.54 Å². The van der Waals surface area contributed by atoms with Gasteiger partial charge in [0, 0.05) is 35.2 Å². The summed E-state index contributed by atoms with van der Waals surface area (Å²) in [5.41, 5.74) is 9.29. The molecular formula is C24H23N5O2S. The minimum Gasteiger partial charge on any atom is -0.419 e. The van der Waals surface area contributed by atoms with Crippen molar-refractivity contribution in [2.75, 3.05) is 7.05 Å². The maximum absolute atomic E-state index is 12.9. The molecule has 7 nitrogen and oxygen atoms in total. The Kier molecular flexibility index (Phi) is 5.11. The average Bonchev–Trinajstić information content (AvgIpc) is 3.14. The van der Waals surface area contributed by atoms with Gasteiger partial charge in [-0.05, 0) is 37.1 Å². The van der Waals surface area contributed by atoms with Crippen LogP contribution >= 0.6 is 11.3 Å². The second-order valence-electron chi connectivity index (χ2n) is 8.24. The zero-order valence-corrected chi connectivity index (χ0v) is 18.7. The van der Waals surface area contributed by atoms with Crippen LogP contribution in [0.5, 0.6) is 0 Å². The number of thiazole rings is 1. The Hall–Kier alpha value is -3.36. The maximum atomic E-state index is 12.9. The quantitative estimate of drug-likeness (QED) is 0.479. The van der Waals surface area contributed by atoms with Gasteiger partial charge in [-0.2, -0.15) is 0 Å². The number of nitrogens with zero attached hydrogens (tertiary/aromatic N) is 4. The smallest absolute Gasteiger partial charge is 0.253 e. The molecule has 4 aromatic rings. The van der Waals surface area contributed by atoms with E-state index in [9.17, 15) is 4.79 Å². The third-order valence-corrected chi connectivity index (χ3v) is 6.72. The molecule has 1 saturated carbocycles. The lowest BCUT2D eigenvalue weighted by molar-refractivity contribution is 0.0785. The van der Waals surface area contributed by atoms with Gasteiger partial charge in [0.1, 0.15) is 10.5 Å². The van der Waals surface area contributed by atoms with Crippen molar-refractivity contribution in [1.82, 2.24) is 20.1 Å². The average molecular weight is 446 g/mol. The summed E-state index contributed by atoms with van der Waals surface area (Å²) in [6, 6.07) is 17.3. The molecule has 0 spiro atoms. The maximum Gasteiger partial charge on any atom is 0.253 e. The highest BCUT2D eigenvalue weighted by Crippen LogP contribution is 2.56. The first-order valence-electron chi connectivity index (χ1n) is 10.4. The molecule has 0 aliphatic heterocycles. The standard InChI is InChI=1S/C24H23N5O2S/c1-15-14-32-20(26-15)13-29(2)22(30)18-10-6-9-17(11-18)21-27-28-23(31-21)24(25)12-19(24)16-7-4-3-5-8-16/h3-11,14,19H,12-13,25H2,1-2H3/t19-,24-/m1/s1. The summed E-state index contributed by atoms with van der Waals surface area (Å²) in [6.07, 6.45) is 0.762. The highest BCUT2D eigenvalue weighted by Gasteiger charge is 2.57. The van der Waals surface area contributed by atoms with Gasteiger partial charge in [-0.3, -0.25) is 4.79 Å². The molecule has 0 saturated heterocycles. The fourth-order valence-corrected chi connectivity index (χ4v) is 4.72. The molecule has 2 aromatic carbocycles. The topological polar surface area (TPSA) is 98.1 Å². The van der Waals surface area contributed by atoms with Gasteiger partial charge in [-0.25, -0.2) is 4.98 Å². The Labute approximate surface area is 189 Å². The fourth-order valence-electron chi connectivity index (χ4n) is 3.90. The number of benzene rings is 2. The van der Waals surface area contributed by atoms with Crippen molar-refractivity contribution in [1.29, 1.82) is 0 Å². The van der Waals surface area contributed by atoms with Crippen LogP contribution in [-0.2, 0) is 12.1 Å². The van der Waals surface area contributed by atoms with Crippen LogP contribution in [0.2, 0.25) is 0 Å². The normalized spacial score (nSPS) is 19.7. The van der Waals surface area contributed by atoms with Crippen LogP contribution in [0.15, 0.2) is 64.4 Å². The lowest BCUT2D eigenvalue weighted by Gasteiger charge is -2.16. The highest BCUT2D eigenvalue weighted by molar-refractivity contribution is 7.09. The molecular weight excluding hydrogens is 422 g/mol. The summed E-state index contributed by atoms with van der Waals surface area (Å²) in [5.74, 6) is 0.847. The minimum atomic E-state index is -0.647. The van der Waals surface area contributed by atoms with E-state index in [1.807, 2.05) is 42.6 Å². The zero-order valence-electron chi connectivity index (χ0n) is 17.9. The summed E-state index contributed by atoms with van der Waals surface area (Å²) in [4.78, 5) is 19.0. The second-order valence-corrected chi connectivity index (χ2v) is 9.19. The molecule has 162 valence electrons. The monoisotopic (exact) mass is 445 g/mol. The van der Waals surface area contributed by atoms with Crippen LogP contribution in [-0.4, -0.2) is 33.0 Å². The van der Waals surface area contributed by atoms with Crippen LogP contribution < -0.4 is 5.73 Å². The lowest BCUT2D eigenvalue weighted by atomic mass is 10.1. The predicted molar refractivity (Wildman–Crippen MR) is 122 cm³/mol. The summed E-state index contributed by atoms with van der Waals surface area (Å²) in [6.45, 7) is 2.40. The molecule has 0 unspecified atom stereocenters. The van der Waals surface area contributed by atoms with Crippen LogP contribution in [0.1, 0.15) is 44.9 Å². The number of nitrogens with two attached hydrogens (primary N) is 1. The Morgan fingerprint density at radius 1 is 1.22 bits per heavy atom. The third-order valence-electron chi connectivity index (χ3n) is 5.77. The van der Waals surface area contributed by atoms with Crippen molar-refractivity contribution in [3.8, 4) is 11.5 Å². The first kappa shape index (κ1) is 20.5. The third kappa shape index (κ3) is 3.83. The van der Waals surface area contributed by atoms with Crippen molar-refractivity contribution in [2.24, 2.45) is 5.73 Å². The van der Waals surface area contributed by atoms with Gasteiger partial charge in [0.15, 0.2) is 0 Å². The fraction of sp³-hybridized carbons (Fsp3) is 0.250. The summed E-state index contributed by atoms with van der Waals surface area (Å²) >= 11 is 1.55. The van der Waals surface area contributed by atoms with Crippen LogP contribution in [0.4, 0.5) is 0 Å². The van der Waals surface area contributed by atoms with E-state index in [0.29, 0.717) is 29.5 Å². The number of hydrogen-bond donors (Lipinski definition) is 1. The number of aryl methyl sites for hydroxylation is 1. The number of hydrogen-bond acceptors (Lipinski definition) is 7. The van der Waals surface area contributed by atoms with Crippen molar-refractivity contribution in [2.45, 2.75) is 31.3 Å². The molecule has 2 N–H and O–H groups in total. The molecule has 2 aromatic heterocycles. The molecule has 32 heavy (non-hydrogen) atoms. The summed E-state index contributed by atoms with van der Waals surface area (Å²) < 4.78 is 5.96. The van der Waals surface area contributed by atoms with Gasteiger partial charge in [0.2, 0.25) is 11.8 Å². The minimum absolute atomic E-state index is 0.0962. The Morgan fingerprint density at radius 2 is 2.03 bits per heavy atom. The first-order chi connectivity index (χ1) is 15.4. The molecule has 1 fully saturated rings. The summed E-state index contributed by atoms with van der Waals surface area (Å²) in [7, 11) is 1.77. The SMILES string of the molecule is Cc1csc(CN(C)C(=O)c2cccc(-c3nnc([C@@]4(N)C[C@@H]4c4ccccc4)o3)c2)n1. The molecule has 0 bridgehead atoms. The van der Waals surface area contributed by atoms with Crippen molar-refractivity contribution < 1.29 is 9.21 Å². The first-order valence-corrected chi connectivity index (χ1v) is 11.3. The van der Waals surface area contributed by atoms with E-state index in [-0.39, 0.29) is 11.8 Å². The highest BCUT2D eigenvalue weighted by atomic mass is 32.1. The van der Waals surface area contributed by atoms with E-state index in [4.69, 9.17) is 10.2 Å². The van der Waals surface area contributed by atoms with E-state index in [1.165, 1.54) is 5.56 Å². The van der Waals surface area contributed by atoms with Crippen molar-refractivity contribution >= 4 is 17.2 Å². The lowest BCUT2D eigenvalue weighted by Crippen LogP contribution is -2.26. The second kappa shape index (κ2) is 7.96. The molecule has 2 heterocycles. The van der Waals surface area contributed by atoms with Gasteiger partial charge in [0.25, 0.3) is 5.91 Å². The van der Waals surface area contributed by atoms with Gasteiger partial charge >= 0.3 is 0 Å². The Bertz CT molecular complexity index is 1270. The van der Waals surface area contributed by atoms with Gasteiger partial charge < -0.3 is 15.1 Å². The van der Waals surface area contributed by atoms with Crippen molar-refractivity contribution in [3.63, 3.8) is 0 Å². The van der Waals surface area contributed by atoms with Crippen LogP contribution in [0, 0.1) is 6.92 Å². The Balaban J connectivity index is 1.33. The zero-order chi connectivity index (χ0) is 22.3. The van der Waals surface area contributed by atoms with E-state index >= 15 is 0 Å². The Morgan fingerprint density at radius 3 is 2.78 bits per heavy atom. The molecule has 1 amide bonds. The largest absolute Gasteiger partial charge is 0.419 e. The molecule has 5 rings (SSSR count). The number of carbonyl (C=O) groups excluding carboxylic acids is 1. The number of aromatic nitrogens is 3. The van der Waals surface area contributed by atoms with E-state index in [1.54, 1.807) is 35.4 Å². The van der Waals surface area contributed by atoms with E-state index in [0.717, 1.165) is 17.1 Å². The van der Waals surface area contributed by atoms with Gasteiger partial charge in [-0.1, -0.05) is 36.4 Å². The number of carbonyl (C=O) groups is 1. The number of rotatable bonds is 6. The van der Waals surface area contributed by atoms with Crippen molar-refractivity contribution in [3.05, 3.63) is 87.7 Å². The molecule has 0 radical (unpaired) electrons. The summed E-state index contributed by atoms with van der Waals surface area (Å²) in [5, 5.41) is 11.3. The van der Waals surface area contributed by atoms with Crippen LogP contribution in [0.3, 0.4) is 0 Å². The molecule has 1 aliphatic rings. The molecule has 8 heteroatoms. The van der Waals surface area contributed by atoms with Gasteiger partial charge in [0.05, 0.1) is 6.54 Å². The number of amides is 1. The van der Waals surface area contributed by atoms with Crippen LogP contribution in [0.25, 0.3) is 11.5 Å². The molecule has 2 atom stereocenters. The van der Waals surface area contributed by atoms with E-state index in [2.05, 4.69) is 27.3 Å². The van der Waals surface area contributed by atoms with Gasteiger partial charge in [-0.15, -0.1) is 21.5 Å². The predicted octanol–water partition coefficient (Wildman–Crippen LogP) is 4.12. The molecule has 1 aliphatic carbocycles.